The maximum absolute atomic E-state index is 14.6. The van der Waals surface area contributed by atoms with Gasteiger partial charge in [0.05, 0.1) is 18.4 Å². The van der Waals surface area contributed by atoms with Crippen molar-refractivity contribution in [2.24, 2.45) is 0 Å². The molecule has 0 unspecified atom stereocenters. The van der Waals surface area contributed by atoms with Crippen LogP contribution >= 0.6 is 0 Å². The summed E-state index contributed by atoms with van der Waals surface area (Å²) >= 11 is 0. The number of benzene rings is 1. The fourth-order valence-electron chi connectivity index (χ4n) is 3.12. The molecule has 0 atom stereocenters. The lowest BCUT2D eigenvalue weighted by molar-refractivity contribution is 0.0575. The molecule has 3 amide bonds. The topological polar surface area (TPSA) is 163 Å². The maximum Gasteiger partial charge on any atom is 0.422 e. The highest BCUT2D eigenvalue weighted by Gasteiger charge is 2.35. The van der Waals surface area contributed by atoms with Crippen LogP contribution in [0, 0.1) is 11.6 Å². The SMILES string of the molecule is CC(C)(C)OC(=O)N(Cc1c(F)cccc1F)c1nc(-c2ccc(C=O)nc2)cnc1N(C(=O)O)C(=O)O. The summed E-state index contributed by atoms with van der Waals surface area (Å²) in [6, 6.07) is 5.75. The number of imide groups is 1. The number of aldehydes is 1. The quantitative estimate of drug-likeness (QED) is 0.427. The van der Waals surface area contributed by atoms with Crippen LogP contribution in [0.3, 0.4) is 0 Å². The van der Waals surface area contributed by atoms with Crippen LogP contribution in [-0.4, -0.2) is 55.3 Å². The van der Waals surface area contributed by atoms with Crippen LogP contribution in [0.25, 0.3) is 11.3 Å². The van der Waals surface area contributed by atoms with E-state index in [4.69, 9.17) is 4.74 Å². The Bertz CT molecular complexity index is 1360. The lowest BCUT2D eigenvalue weighted by Crippen LogP contribution is -2.41. The Hall–Kier alpha value is -5.01. The molecule has 2 aromatic heterocycles. The zero-order valence-electron chi connectivity index (χ0n) is 20.3. The number of carboxylic acid groups (broad SMARTS) is 2. The number of amides is 3. The van der Waals surface area contributed by atoms with E-state index in [-0.39, 0.29) is 21.9 Å². The second-order valence-electron chi connectivity index (χ2n) is 8.66. The van der Waals surface area contributed by atoms with Gasteiger partial charge in [0.1, 0.15) is 22.9 Å². The summed E-state index contributed by atoms with van der Waals surface area (Å²) in [4.78, 5) is 60.1. The molecule has 0 aliphatic heterocycles. The minimum atomic E-state index is -1.99. The van der Waals surface area contributed by atoms with E-state index in [1.807, 2.05) is 0 Å². The van der Waals surface area contributed by atoms with Crippen molar-refractivity contribution < 1.29 is 42.9 Å². The van der Waals surface area contributed by atoms with Gasteiger partial charge in [0, 0.05) is 17.3 Å². The molecule has 198 valence electrons. The van der Waals surface area contributed by atoms with Crippen molar-refractivity contribution >= 4 is 36.2 Å². The first-order valence-corrected chi connectivity index (χ1v) is 10.8. The number of hydrogen-bond acceptors (Lipinski definition) is 8. The Kier molecular flexibility index (Phi) is 7.94. The number of pyridine rings is 1. The first kappa shape index (κ1) is 27.6. The minimum Gasteiger partial charge on any atom is -0.464 e. The number of ether oxygens (including phenoxy) is 1. The predicted molar refractivity (Wildman–Crippen MR) is 128 cm³/mol. The van der Waals surface area contributed by atoms with E-state index >= 15 is 0 Å². The molecule has 3 aromatic rings. The van der Waals surface area contributed by atoms with Crippen LogP contribution in [0.15, 0.2) is 42.7 Å². The number of rotatable bonds is 6. The van der Waals surface area contributed by atoms with Gasteiger partial charge >= 0.3 is 18.3 Å². The van der Waals surface area contributed by atoms with Crippen molar-refractivity contribution in [2.75, 3.05) is 9.80 Å². The van der Waals surface area contributed by atoms with Crippen molar-refractivity contribution in [1.82, 2.24) is 15.0 Å². The van der Waals surface area contributed by atoms with Crippen LogP contribution in [0.5, 0.6) is 0 Å². The van der Waals surface area contributed by atoms with Gasteiger partial charge in [-0.2, -0.15) is 4.90 Å². The monoisotopic (exact) mass is 529 g/mol. The third kappa shape index (κ3) is 6.21. The number of carbonyl (C=O) groups excluding carboxylic acids is 2. The molecule has 0 bridgehead atoms. The first-order valence-electron chi connectivity index (χ1n) is 10.8. The lowest BCUT2D eigenvalue weighted by Gasteiger charge is -2.29. The van der Waals surface area contributed by atoms with Crippen molar-refractivity contribution in [1.29, 1.82) is 0 Å². The highest BCUT2D eigenvalue weighted by atomic mass is 19.1. The summed E-state index contributed by atoms with van der Waals surface area (Å²) in [5.74, 6) is -3.62. The number of hydrogen-bond donors (Lipinski definition) is 2. The molecule has 0 aliphatic carbocycles. The number of anilines is 2. The van der Waals surface area contributed by atoms with E-state index in [9.17, 15) is 38.2 Å². The Morgan fingerprint density at radius 2 is 1.61 bits per heavy atom. The van der Waals surface area contributed by atoms with Gasteiger partial charge in [-0.15, -0.1) is 0 Å². The largest absolute Gasteiger partial charge is 0.464 e. The average Bonchev–Trinajstić information content (AvgIpc) is 2.83. The van der Waals surface area contributed by atoms with E-state index < -0.39 is 59.3 Å². The van der Waals surface area contributed by atoms with Gasteiger partial charge in [-0.3, -0.25) is 14.7 Å². The maximum atomic E-state index is 14.6. The summed E-state index contributed by atoms with van der Waals surface area (Å²) in [5, 5.41) is 19.1. The van der Waals surface area contributed by atoms with Crippen LogP contribution in [0.1, 0.15) is 36.8 Å². The molecule has 2 heterocycles. The third-order valence-electron chi connectivity index (χ3n) is 4.78. The van der Waals surface area contributed by atoms with Crippen LogP contribution < -0.4 is 9.80 Å². The van der Waals surface area contributed by atoms with E-state index in [0.29, 0.717) is 11.2 Å². The molecule has 0 aliphatic rings. The number of halogens is 2. The van der Waals surface area contributed by atoms with Crippen LogP contribution in [0.4, 0.5) is 34.8 Å². The van der Waals surface area contributed by atoms with Gasteiger partial charge in [0.25, 0.3) is 0 Å². The first-order chi connectivity index (χ1) is 17.8. The zero-order chi connectivity index (χ0) is 28.2. The van der Waals surface area contributed by atoms with Crippen LogP contribution in [0.2, 0.25) is 0 Å². The average molecular weight is 529 g/mol. The van der Waals surface area contributed by atoms with Gasteiger partial charge in [-0.1, -0.05) is 6.07 Å². The Morgan fingerprint density at radius 3 is 2.11 bits per heavy atom. The molecule has 14 heteroatoms. The highest BCUT2D eigenvalue weighted by molar-refractivity contribution is 6.10. The highest BCUT2D eigenvalue weighted by Crippen LogP contribution is 2.32. The fourth-order valence-corrected chi connectivity index (χ4v) is 3.12. The Balaban J connectivity index is 2.29. The molecule has 12 nitrogen and oxygen atoms in total. The molecule has 0 saturated carbocycles. The van der Waals surface area contributed by atoms with Gasteiger partial charge in [0.15, 0.2) is 17.9 Å². The summed E-state index contributed by atoms with van der Waals surface area (Å²) in [6.07, 6.45) is -2.46. The summed E-state index contributed by atoms with van der Waals surface area (Å²) < 4.78 is 34.5. The smallest absolute Gasteiger partial charge is 0.422 e. The molecular formula is C24H21F2N5O7. The number of nitrogens with zero attached hydrogens (tertiary/aromatic N) is 5. The van der Waals surface area contributed by atoms with Gasteiger partial charge in [-0.05, 0) is 45.0 Å². The standard InChI is InChI=1S/C24H21F2N5O7/c1-24(2,3)38-23(37)30(11-15-16(25)5-4-6-17(15)26)20-19(31(21(33)34)22(35)36)28-10-18(29-20)13-7-8-14(12-32)27-9-13/h4-10,12H,11H2,1-3H3,(H,33,34)(H,35,36). The molecule has 0 saturated heterocycles. The number of carbonyl (C=O) groups is 4. The Labute approximate surface area is 214 Å². The van der Waals surface area contributed by atoms with E-state index in [1.54, 1.807) is 0 Å². The second-order valence-corrected chi connectivity index (χ2v) is 8.66. The van der Waals surface area contributed by atoms with E-state index in [1.165, 1.54) is 39.1 Å². The molecular weight excluding hydrogens is 508 g/mol. The number of aromatic nitrogens is 3. The van der Waals surface area contributed by atoms with Gasteiger partial charge < -0.3 is 14.9 Å². The summed E-state index contributed by atoms with van der Waals surface area (Å²) in [5.41, 5.74) is -1.43. The predicted octanol–water partition coefficient (Wildman–Crippen LogP) is 4.73. The van der Waals surface area contributed by atoms with Crippen molar-refractivity contribution in [3.8, 4) is 11.3 Å². The molecule has 0 fully saturated rings. The van der Waals surface area contributed by atoms with Crippen molar-refractivity contribution in [3.05, 3.63) is 65.6 Å². The normalized spacial score (nSPS) is 11.0. The molecule has 2 N–H and O–H groups in total. The molecule has 0 radical (unpaired) electrons. The van der Waals surface area contributed by atoms with Crippen LogP contribution in [-0.2, 0) is 11.3 Å². The second kappa shape index (κ2) is 10.9. The third-order valence-corrected chi connectivity index (χ3v) is 4.78. The summed E-state index contributed by atoms with van der Waals surface area (Å²) in [6.45, 7) is 3.67. The van der Waals surface area contributed by atoms with Crippen molar-refractivity contribution in [2.45, 2.75) is 32.9 Å². The fraction of sp³-hybridized carbons (Fsp3) is 0.208. The van der Waals surface area contributed by atoms with Crippen molar-refractivity contribution in [3.63, 3.8) is 0 Å². The Morgan fingerprint density at radius 1 is 0.974 bits per heavy atom. The minimum absolute atomic E-state index is 0.0352. The van der Waals surface area contributed by atoms with E-state index in [2.05, 4.69) is 15.0 Å². The van der Waals surface area contributed by atoms with Gasteiger partial charge in [-0.25, -0.2) is 33.1 Å². The zero-order valence-corrected chi connectivity index (χ0v) is 20.3. The molecule has 1 aromatic carbocycles. The molecule has 38 heavy (non-hydrogen) atoms. The molecule has 0 spiro atoms. The van der Waals surface area contributed by atoms with E-state index in [0.717, 1.165) is 24.4 Å². The van der Waals surface area contributed by atoms with Gasteiger partial charge in [0.2, 0.25) is 0 Å². The lowest BCUT2D eigenvalue weighted by atomic mass is 10.1. The summed E-state index contributed by atoms with van der Waals surface area (Å²) in [7, 11) is 0. The molecule has 3 rings (SSSR count).